The van der Waals surface area contributed by atoms with Crippen LogP contribution in [0.3, 0.4) is 0 Å². The summed E-state index contributed by atoms with van der Waals surface area (Å²) in [6.07, 6.45) is 1.48. The van der Waals surface area contributed by atoms with Crippen LogP contribution in [-0.2, 0) is 16.1 Å². The molecule has 0 spiro atoms. The third kappa shape index (κ3) is 4.22. The van der Waals surface area contributed by atoms with Crippen molar-refractivity contribution < 1.29 is 28.6 Å². The van der Waals surface area contributed by atoms with Crippen molar-refractivity contribution in [2.24, 2.45) is 0 Å². The molecule has 170 valence electrons. The number of hydrogen-bond donors (Lipinski definition) is 1. The van der Waals surface area contributed by atoms with E-state index >= 15 is 0 Å². The zero-order chi connectivity index (χ0) is 23.5. The molecule has 4 rings (SSSR count). The van der Waals surface area contributed by atoms with Gasteiger partial charge in [-0.15, -0.1) is 0 Å². The molecule has 1 amide bonds. The van der Waals surface area contributed by atoms with Crippen LogP contribution >= 0.6 is 0 Å². The maximum absolute atomic E-state index is 13.1. The molecule has 0 aliphatic carbocycles. The van der Waals surface area contributed by atoms with Gasteiger partial charge in [0, 0.05) is 12.1 Å². The van der Waals surface area contributed by atoms with Gasteiger partial charge in [0.25, 0.3) is 11.7 Å². The van der Waals surface area contributed by atoms with Crippen molar-refractivity contribution in [3.8, 4) is 11.5 Å². The lowest BCUT2D eigenvalue weighted by molar-refractivity contribution is -0.140. The van der Waals surface area contributed by atoms with E-state index in [1.807, 2.05) is 31.2 Å². The predicted molar refractivity (Wildman–Crippen MR) is 122 cm³/mol. The first-order valence-corrected chi connectivity index (χ1v) is 10.6. The molecule has 1 unspecified atom stereocenters. The summed E-state index contributed by atoms with van der Waals surface area (Å²) < 4.78 is 16.3. The number of ether oxygens (including phenoxy) is 2. The summed E-state index contributed by atoms with van der Waals surface area (Å²) in [6, 6.07) is 15.0. The molecule has 1 aliphatic rings. The summed E-state index contributed by atoms with van der Waals surface area (Å²) in [7, 11) is 1.55. The molecule has 1 N–H and O–H groups in total. The summed E-state index contributed by atoms with van der Waals surface area (Å²) in [4.78, 5) is 27.6. The quantitative estimate of drug-likeness (QED) is 0.323. The standard InChI is InChI=1S/C26H25NO6/c1-4-32-18-9-7-17(8-10-18)15-27-23(21-6-5-13-33-21)22(25(29)26(27)30)24(28)20-12-11-19(31-3)14-16(20)2/h5-14,23,28H,4,15H2,1-3H3/b24-22-. The average molecular weight is 447 g/mol. The molecule has 1 atom stereocenters. The summed E-state index contributed by atoms with van der Waals surface area (Å²) in [5.74, 6) is 0.0495. The first kappa shape index (κ1) is 22.2. The maximum Gasteiger partial charge on any atom is 0.296 e. The number of rotatable bonds is 7. The molecule has 3 aromatic rings. The van der Waals surface area contributed by atoms with Crippen molar-refractivity contribution in [1.82, 2.24) is 4.90 Å². The zero-order valence-corrected chi connectivity index (χ0v) is 18.7. The van der Waals surface area contributed by atoms with Crippen molar-refractivity contribution in [3.05, 3.63) is 88.9 Å². The van der Waals surface area contributed by atoms with Crippen LogP contribution in [0.2, 0.25) is 0 Å². The van der Waals surface area contributed by atoms with Gasteiger partial charge in [-0.3, -0.25) is 9.59 Å². The Bertz CT molecular complexity index is 1190. The average Bonchev–Trinajstić information content (AvgIpc) is 3.43. The lowest BCUT2D eigenvalue weighted by Crippen LogP contribution is -2.29. The number of carbonyl (C=O) groups is 2. The highest BCUT2D eigenvalue weighted by Crippen LogP contribution is 2.41. The monoisotopic (exact) mass is 447 g/mol. The first-order valence-electron chi connectivity index (χ1n) is 10.6. The van der Waals surface area contributed by atoms with Gasteiger partial charge in [0.15, 0.2) is 0 Å². The maximum atomic E-state index is 13.1. The molecule has 2 aromatic carbocycles. The summed E-state index contributed by atoms with van der Waals surface area (Å²) >= 11 is 0. The van der Waals surface area contributed by atoms with Crippen molar-refractivity contribution in [2.45, 2.75) is 26.4 Å². The molecular weight excluding hydrogens is 422 g/mol. The number of methoxy groups -OCH3 is 1. The van der Waals surface area contributed by atoms with E-state index in [2.05, 4.69) is 0 Å². The van der Waals surface area contributed by atoms with E-state index in [9.17, 15) is 14.7 Å². The third-order valence-electron chi connectivity index (χ3n) is 5.63. The molecule has 1 aliphatic heterocycles. The summed E-state index contributed by atoms with van der Waals surface area (Å²) in [5.41, 5.74) is 1.97. The van der Waals surface area contributed by atoms with E-state index in [-0.39, 0.29) is 17.9 Å². The molecule has 1 aromatic heterocycles. The van der Waals surface area contributed by atoms with Gasteiger partial charge in [0.2, 0.25) is 0 Å². The Morgan fingerprint density at radius 2 is 1.82 bits per heavy atom. The number of Topliss-reactive ketones (excluding diaryl/α,β-unsaturated/α-hetero) is 1. The lowest BCUT2D eigenvalue weighted by Gasteiger charge is -2.23. The molecule has 33 heavy (non-hydrogen) atoms. The minimum absolute atomic E-state index is 0.00541. The van der Waals surface area contributed by atoms with Crippen LogP contribution in [0.1, 0.15) is 35.4 Å². The van der Waals surface area contributed by atoms with Gasteiger partial charge in [0.1, 0.15) is 29.1 Å². The number of benzene rings is 2. The molecular formula is C26H25NO6. The van der Waals surface area contributed by atoms with Crippen LogP contribution in [0.5, 0.6) is 11.5 Å². The number of ketones is 1. The van der Waals surface area contributed by atoms with E-state index in [0.717, 1.165) is 11.3 Å². The third-order valence-corrected chi connectivity index (χ3v) is 5.63. The van der Waals surface area contributed by atoms with E-state index in [0.29, 0.717) is 29.2 Å². The van der Waals surface area contributed by atoms with Crippen LogP contribution in [0.25, 0.3) is 5.76 Å². The highest BCUT2D eigenvalue weighted by molar-refractivity contribution is 6.46. The summed E-state index contributed by atoms with van der Waals surface area (Å²) in [6.45, 7) is 4.43. The Morgan fingerprint density at radius 1 is 1.09 bits per heavy atom. The number of aliphatic hydroxyl groups excluding tert-OH is 1. The lowest BCUT2D eigenvalue weighted by atomic mass is 9.97. The van der Waals surface area contributed by atoms with Gasteiger partial charge >= 0.3 is 0 Å². The van der Waals surface area contributed by atoms with Gasteiger partial charge in [-0.25, -0.2) is 0 Å². The summed E-state index contributed by atoms with van der Waals surface area (Å²) in [5, 5.41) is 11.2. The highest BCUT2D eigenvalue weighted by Gasteiger charge is 2.47. The van der Waals surface area contributed by atoms with Crippen LogP contribution in [-0.4, -0.2) is 35.4 Å². The fourth-order valence-electron chi connectivity index (χ4n) is 4.01. The van der Waals surface area contributed by atoms with E-state index in [4.69, 9.17) is 13.9 Å². The fraction of sp³-hybridized carbons (Fsp3) is 0.231. The van der Waals surface area contributed by atoms with Crippen LogP contribution in [0.4, 0.5) is 0 Å². The smallest absolute Gasteiger partial charge is 0.296 e. The molecule has 0 radical (unpaired) electrons. The van der Waals surface area contributed by atoms with Gasteiger partial charge in [-0.2, -0.15) is 0 Å². The number of aryl methyl sites for hydroxylation is 1. The van der Waals surface area contributed by atoms with E-state index < -0.39 is 17.7 Å². The minimum Gasteiger partial charge on any atom is -0.507 e. The Hall–Kier alpha value is -4.00. The Kier molecular flexibility index (Phi) is 6.22. The molecule has 1 fully saturated rings. The van der Waals surface area contributed by atoms with Crippen LogP contribution in [0.15, 0.2) is 70.9 Å². The number of likely N-dealkylation sites (tertiary alicyclic amines) is 1. The molecule has 2 heterocycles. The SMILES string of the molecule is CCOc1ccc(CN2C(=O)C(=O)/C(=C(\O)c3ccc(OC)cc3C)C2c2ccco2)cc1. The number of hydrogen-bond acceptors (Lipinski definition) is 6. The molecule has 1 saturated heterocycles. The van der Waals surface area contributed by atoms with Crippen molar-refractivity contribution in [3.63, 3.8) is 0 Å². The zero-order valence-electron chi connectivity index (χ0n) is 18.7. The highest BCUT2D eigenvalue weighted by atomic mass is 16.5. The number of furan rings is 1. The van der Waals surface area contributed by atoms with Gasteiger partial charge in [0.05, 0.1) is 25.6 Å². The fourth-order valence-corrected chi connectivity index (χ4v) is 4.01. The Labute approximate surface area is 191 Å². The van der Waals surface area contributed by atoms with Gasteiger partial charge < -0.3 is 23.9 Å². The van der Waals surface area contributed by atoms with E-state index in [1.165, 1.54) is 11.2 Å². The van der Waals surface area contributed by atoms with E-state index in [1.54, 1.807) is 44.4 Å². The van der Waals surface area contributed by atoms with Crippen molar-refractivity contribution >= 4 is 17.4 Å². The van der Waals surface area contributed by atoms with Crippen molar-refractivity contribution in [2.75, 3.05) is 13.7 Å². The number of carbonyl (C=O) groups excluding carboxylic acids is 2. The second-order valence-corrected chi connectivity index (χ2v) is 7.70. The Morgan fingerprint density at radius 3 is 2.42 bits per heavy atom. The topological polar surface area (TPSA) is 89.2 Å². The molecule has 7 heteroatoms. The van der Waals surface area contributed by atoms with Crippen LogP contribution < -0.4 is 9.47 Å². The molecule has 0 bridgehead atoms. The molecule has 0 saturated carbocycles. The van der Waals surface area contributed by atoms with Crippen molar-refractivity contribution in [1.29, 1.82) is 0 Å². The normalized spacial score (nSPS) is 17.4. The van der Waals surface area contributed by atoms with Crippen LogP contribution in [0, 0.1) is 6.92 Å². The second kappa shape index (κ2) is 9.24. The van der Waals surface area contributed by atoms with Gasteiger partial charge in [-0.05, 0) is 67.4 Å². The number of aliphatic hydroxyl groups is 1. The number of nitrogens with zero attached hydrogens (tertiary/aromatic N) is 1. The Balaban J connectivity index is 1.77. The number of amides is 1. The molecule has 7 nitrogen and oxygen atoms in total. The largest absolute Gasteiger partial charge is 0.507 e. The first-order chi connectivity index (χ1) is 15.9. The minimum atomic E-state index is -0.854. The second-order valence-electron chi connectivity index (χ2n) is 7.70. The predicted octanol–water partition coefficient (Wildman–Crippen LogP) is 4.62. The van der Waals surface area contributed by atoms with Gasteiger partial charge in [-0.1, -0.05) is 12.1 Å².